The Balaban J connectivity index is 1.23. The molecule has 34 heavy (non-hydrogen) atoms. The molecule has 4 heterocycles. The highest BCUT2D eigenvalue weighted by Gasteiger charge is 2.54. The average molecular weight is 463 g/mol. The van der Waals surface area contributed by atoms with Crippen LogP contribution in [0.4, 0.5) is 16.3 Å². The average Bonchev–Trinajstić information content (AvgIpc) is 3.08. The molecule has 8 nitrogen and oxygen atoms in total. The monoisotopic (exact) mass is 462 g/mol. The Morgan fingerprint density at radius 2 is 1.85 bits per heavy atom. The molecule has 2 unspecified atom stereocenters. The second kappa shape index (κ2) is 7.18. The number of benzene rings is 1. The topological polar surface area (TPSA) is 84.0 Å². The lowest BCUT2D eigenvalue weighted by Gasteiger charge is -2.27. The van der Waals surface area contributed by atoms with Gasteiger partial charge < -0.3 is 19.7 Å². The van der Waals surface area contributed by atoms with Crippen LogP contribution in [0.3, 0.4) is 0 Å². The fraction of sp³-hybridized carbons (Fsp3) is 0.500. The van der Waals surface area contributed by atoms with Crippen LogP contribution in [0.2, 0.25) is 0 Å². The number of pyridine rings is 1. The maximum absolute atomic E-state index is 13.5. The fourth-order valence-electron chi connectivity index (χ4n) is 5.45. The maximum atomic E-state index is 13.5. The normalized spacial score (nSPS) is 28.1. The quantitative estimate of drug-likeness (QED) is 0.684. The zero-order valence-electron chi connectivity index (χ0n) is 20.0. The summed E-state index contributed by atoms with van der Waals surface area (Å²) in [6.45, 7) is 10.4. The number of urea groups is 1. The molecule has 1 aromatic heterocycles. The third-order valence-electron chi connectivity index (χ3n) is 7.80. The van der Waals surface area contributed by atoms with Gasteiger partial charge in [-0.1, -0.05) is 19.9 Å². The van der Waals surface area contributed by atoms with Crippen molar-refractivity contribution < 1.29 is 19.1 Å². The first-order valence-electron chi connectivity index (χ1n) is 11.9. The SMILES string of the molecule is CC1(C)COc2cc(N3C(=O)N(Cc4ccnc(NC5C6COCC65)c4)C(C)(C)C3=O)ccc21. The van der Waals surface area contributed by atoms with E-state index < -0.39 is 5.54 Å². The molecule has 2 saturated heterocycles. The Bertz CT molecular complexity index is 1180. The number of hydrogen-bond acceptors (Lipinski definition) is 6. The highest BCUT2D eigenvalue weighted by Crippen LogP contribution is 2.46. The molecular formula is C26H30N4O4. The number of fused-ring (bicyclic) bond motifs is 2. The number of carbonyl (C=O) groups is 2. The molecule has 1 aromatic carbocycles. The molecule has 178 valence electrons. The van der Waals surface area contributed by atoms with Crippen LogP contribution >= 0.6 is 0 Å². The van der Waals surface area contributed by atoms with Crippen LogP contribution in [0.5, 0.6) is 5.75 Å². The van der Waals surface area contributed by atoms with E-state index in [1.165, 1.54) is 4.90 Å². The Kier molecular flexibility index (Phi) is 4.52. The summed E-state index contributed by atoms with van der Waals surface area (Å²) >= 11 is 0. The molecule has 0 radical (unpaired) electrons. The number of rotatable bonds is 5. The smallest absolute Gasteiger partial charge is 0.332 e. The first-order chi connectivity index (χ1) is 16.2. The minimum absolute atomic E-state index is 0.0859. The van der Waals surface area contributed by atoms with E-state index in [9.17, 15) is 9.59 Å². The van der Waals surface area contributed by atoms with Crippen molar-refractivity contribution in [3.05, 3.63) is 47.7 Å². The predicted octanol–water partition coefficient (Wildman–Crippen LogP) is 3.56. The molecule has 8 heteroatoms. The summed E-state index contributed by atoms with van der Waals surface area (Å²) in [5.41, 5.74) is 1.50. The van der Waals surface area contributed by atoms with Crippen molar-refractivity contribution in [2.24, 2.45) is 11.8 Å². The van der Waals surface area contributed by atoms with Gasteiger partial charge in [0, 0.05) is 47.7 Å². The third-order valence-corrected chi connectivity index (χ3v) is 7.80. The van der Waals surface area contributed by atoms with Gasteiger partial charge in [0.1, 0.15) is 17.1 Å². The molecule has 3 aliphatic heterocycles. The van der Waals surface area contributed by atoms with Gasteiger partial charge in [-0.25, -0.2) is 14.7 Å². The summed E-state index contributed by atoms with van der Waals surface area (Å²) in [5, 5.41) is 3.50. The number of ether oxygens (including phenoxy) is 2. The van der Waals surface area contributed by atoms with Crippen LogP contribution in [0.15, 0.2) is 36.5 Å². The third kappa shape index (κ3) is 3.19. The summed E-state index contributed by atoms with van der Waals surface area (Å²) in [4.78, 5) is 34.3. The fourth-order valence-corrected chi connectivity index (χ4v) is 5.45. The first-order valence-corrected chi connectivity index (χ1v) is 11.9. The summed E-state index contributed by atoms with van der Waals surface area (Å²) in [6, 6.07) is 9.56. The van der Waals surface area contributed by atoms with Crippen LogP contribution in [-0.4, -0.2) is 53.2 Å². The first kappa shape index (κ1) is 21.4. The number of imide groups is 1. The highest BCUT2D eigenvalue weighted by molar-refractivity contribution is 6.23. The van der Waals surface area contributed by atoms with E-state index in [2.05, 4.69) is 24.1 Å². The van der Waals surface area contributed by atoms with E-state index in [4.69, 9.17) is 9.47 Å². The van der Waals surface area contributed by atoms with Crippen molar-refractivity contribution in [2.45, 2.75) is 51.2 Å². The van der Waals surface area contributed by atoms with Crippen molar-refractivity contribution in [2.75, 3.05) is 30.0 Å². The largest absolute Gasteiger partial charge is 0.492 e. The number of amides is 3. The number of nitrogens with zero attached hydrogens (tertiary/aromatic N) is 3. The summed E-state index contributed by atoms with van der Waals surface area (Å²) in [5.74, 6) is 2.42. The molecule has 1 saturated carbocycles. The van der Waals surface area contributed by atoms with Gasteiger partial charge in [0.15, 0.2) is 0 Å². The molecule has 6 rings (SSSR count). The number of hydrogen-bond donors (Lipinski definition) is 1. The van der Waals surface area contributed by atoms with Gasteiger partial charge in [-0.15, -0.1) is 0 Å². The second-order valence-corrected chi connectivity index (χ2v) is 11.0. The van der Waals surface area contributed by atoms with Crippen LogP contribution in [0, 0.1) is 11.8 Å². The van der Waals surface area contributed by atoms with Gasteiger partial charge in [0.05, 0.1) is 25.5 Å². The molecule has 0 spiro atoms. The predicted molar refractivity (Wildman–Crippen MR) is 127 cm³/mol. The molecule has 3 amide bonds. The molecule has 1 aliphatic carbocycles. The summed E-state index contributed by atoms with van der Waals surface area (Å²) < 4.78 is 11.3. The van der Waals surface area contributed by atoms with Crippen LogP contribution in [-0.2, 0) is 21.5 Å². The minimum atomic E-state index is -0.974. The van der Waals surface area contributed by atoms with Gasteiger partial charge in [0.2, 0.25) is 0 Å². The molecule has 2 aromatic rings. The van der Waals surface area contributed by atoms with E-state index in [1.54, 1.807) is 24.9 Å². The zero-order chi connectivity index (χ0) is 23.8. The molecule has 1 N–H and O–H groups in total. The van der Waals surface area contributed by atoms with E-state index in [0.29, 0.717) is 36.7 Å². The van der Waals surface area contributed by atoms with Crippen molar-refractivity contribution in [3.63, 3.8) is 0 Å². The Hall–Kier alpha value is -3.13. The molecular weight excluding hydrogens is 432 g/mol. The lowest BCUT2D eigenvalue weighted by Crippen LogP contribution is -2.43. The standard InChI is InChI=1S/C26H30N4O4/c1-25(2)14-34-20-10-16(5-6-19(20)25)30-23(31)26(3,4)29(24(30)32)11-15-7-8-27-21(9-15)28-22-17-12-33-13-18(17)22/h5-10,17-18,22H,11-14H2,1-4H3,(H,27,28). The van der Waals surface area contributed by atoms with Crippen molar-refractivity contribution in [1.29, 1.82) is 0 Å². The molecule has 0 bridgehead atoms. The van der Waals surface area contributed by atoms with Crippen LogP contribution in [0.1, 0.15) is 38.8 Å². The number of anilines is 2. The van der Waals surface area contributed by atoms with Gasteiger partial charge >= 0.3 is 6.03 Å². The lowest BCUT2D eigenvalue weighted by atomic mass is 9.87. The number of carbonyl (C=O) groups excluding carboxylic acids is 2. The number of nitrogens with one attached hydrogen (secondary N) is 1. The van der Waals surface area contributed by atoms with Crippen molar-refractivity contribution >= 4 is 23.4 Å². The van der Waals surface area contributed by atoms with Gasteiger partial charge in [-0.3, -0.25) is 4.79 Å². The van der Waals surface area contributed by atoms with Gasteiger partial charge in [0.25, 0.3) is 5.91 Å². The molecule has 3 fully saturated rings. The Labute approximate surface area is 199 Å². The number of aromatic nitrogens is 1. The van der Waals surface area contributed by atoms with Crippen LogP contribution < -0.4 is 15.0 Å². The second-order valence-electron chi connectivity index (χ2n) is 11.0. The van der Waals surface area contributed by atoms with E-state index in [-0.39, 0.29) is 17.4 Å². The zero-order valence-corrected chi connectivity index (χ0v) is 20.0. The Morgan fingerprint density at radius 3 is 2.62 bits per heavy atom. The van der Waals surface area contributed by atoms with Crippen LogP contribution in [0.25, 0.3) is 0 Å². The van der Waals surface area contributed by atoms with Crippen molar-refractivity contribution in [3.8, 4) is 5.75 Å². The lowest BCUT2D eigenvalue weighted by molar-refractivity contribution is -0.123. The summed E-state index contributed by atoms with van der Waals surface area (Å²) in [7, 11) is 0. The van der Waals surface area contributed by atoms with E-state index in [0.717, 1.165) is 35.9 Å². The van der Waals surface area contributed by atoms with E-state index >= 15 is 0 Å². The van der Waals surface area contributed by atoms with E-state index in [1.807, 2.05) is 30.3 Å². The summed E-state index contributed by atoms with van der Waals surface area (Å²) in [6.07, 6.45) is 1.75. The molecule has 2 atom stereocenters. The van der Waals surface area contributed by atoms with Gasteiger partial charge in [-0.05, 0) is 37.6 Å². The maximum Gasteiger partial charge on any atom is 0.332 e. The van der Waals surface area contributed by atoms with Crippen molar-refractivity contribution in [1.82, 2.24) is 9.88 Å². The Morgan fingerprint density at radius 1 is 1.09 bits per heavy atom. The minimum Gasteiger partial charge on any atom is -0.492 e. The van der Waals surface area contributed by atoms with Gasteiger partial charge in [-0.2, -0.15) is 0 Å². The molecule has 4 aliphatic rings. The highest BCUT2D eigenvalue weighted by atomic mass is 16.5.